The highest BCUT2D eigenvalue weighted by atomic mass is 79.9. The van der Waals surface area contributed by atoms with Crippen LogP contribution >= 0.6 is 15.9 Å². The molecule has 0 fully saturated rings. The van der Waals surface area contributed by atoms with Crippen LogP contribution in [-0.2, 0) is 11.3 Å². The maximum atomic E-state index is 12.6. The molecule has 0 aromatic heterocycles. The van der Waals surface area contributed by atoms with Gasteiger partial charge >= 0.3 is 0 Å². The minimum atomic E-state index is -0.719. The summed E-state index contributed by atoms with van der Waals surface area (Å²) < 4.78 is 11.6. The molecule has 1 amide bonds. The van der Waals surface area contributed by atoms with Crippen molar-refractivity contribution < 1.29 is 19.1 Å². The van der Waals surface area contributed by atoms with Crippen LogP contribution in [0.2, 0.25) is 0 Å². The largest absolute Gasteiger partial charge is 0.493 e. The molecule has 0 spiro atoms. The van der Waals surface area contributed by atoms with E-state index in [1.54, 1.807) is 31.0 Å². The maximum Gasteiger partial charge on any atom is 0.263 e. The molecule has 0 aliphatic rings. The van der Waals surface area contributed by atoms with Crippen LogP contribution < -0.4 is 9.47 Å². The van der Waals surface area contributed by atoms with Crippen molar-refractivity contribution in [2.24, 2.45) is 0 Å². The Morgan fingerprint density at radius 3 is 2.52 bits per heavy atom. The predicted molar refractivity (Wildman–Crippen MR) is 99.1 cm³/mol. The lowest BCUT2D eigenvalue weighted by atomic mass is 10.2. The van der Waals surface area contributed by atoms with Gasteiger partial charge in [-0.1, -0.05) is 30.3 Å². The van der Waals surface area contributed by atoms with Crippen LogP contribution in [0.15, 0.2) is 46.9 Å². The van der Waals surface area contributed by atoms with Crippen molar-refractivity contribution in [1.29, 1.82) is 0 Å². The fourth-order valence-electron chi connectivity index (χ4n) is 2.38. The van der Waals surface area contributed by atoms with E-state index < -0.39 is 6.10 Å². The fourth-order valence-corrected chi connectivity index (χ4v) is 2.80. The molecule has 6 heteroatoms. The number of hydrogen-bond acceptors (Lipinski definition) is 4. The first-order valence-corrected chi connectivity index (χ1v) is 8.53. The molecule has 25 heavy (non-hydrogen) atoms. The van der Waals surface area contributed by atoms with Gasteiger partial charge in [0, 0.05) is 23.6 Å². The average molecular weight is 406 g/mol. The highest BCUT2D eigenvalue weighted by Crippen LogP contribution is 2.33. The molecule has 2 rings (SSSR count). The summed E-state index contributed by atoms with van der Waals surface area (Å²) in [6.07, 6.45) is -0.00648. The first-order chi connectivity index (χ1) is 12.0. The summed E-state index contributed by atoms with van der Waals surface area (Å²) >= 11 is 3.30. The fraction of sp³-hybridized carbons (Fsp3) is 0.263. The number of likely N-dealkylation sites (N-methyl/N-ethyl adjacent to an activating group) is 1. The summed E-state index contributed by atoms with van der Waals surface area (Å²) in [5.74, 6) is 0.631. The Morgan fingerprint density at radius 1 is 1.24 bits per heavy atom. The average Bonchev–Trinajstić information content (AvgIpc) is 2.62. The Bertz CT molecular complexity index is 749. The van der Waals surface area contributed by atoms with E-state index in [9.17, 15) is 9.59 Å². The number of ether oxygens (including phenoxy) is 2. The Hall–Kier alpha value is -2.34. The van der Waals surface area contributed by atoms with Crippen LogP contribution in [0.3, 0.4) is 0 Å². The molecule has 132 valence electrons. The lowest BCUT2D eigenvalue weighted by Gasteiger charge is -2.23. The highest BCUT2D eigenvalue weighted by Gasteiger charge is 2.21. The summed E-state index contributed by atoms with van der Waals surface area (Å²) in [5.41, 5.74) is 1.46. The minimum Gasteiger partial charge on any atom is -0.493 e. The molecule has 0 N–H and O–H groups in total. The second-order valence-corrected chi connectivity index (χ2v) is 6.44. The van der Waals surface area contributed by atoms with Crippen LogP contribution in [0.25, 0.3) is 0 Å². The summed E-state index contributed by atoms with van der Waals surface area (Å²) in [4.78, 5) is 25.3. The summed E-state index contributed by atoms with van der Waals surface area (Å²) in [6.45, 7) is 2.16. The zero-order valence-electron chi connectivity index (χ0n) is 14.4. The van der Waals surface area contributed by atoms with Crippen molar-refractivity contribution in [3.05, 3.63) is 58.1 Å². The molecule has 2 aromatic carbocycles. The first-order valence-electron chi connectivity index (χ1n) is 7.74. The van der Waals surface area contributed by atoms with E-state index in [1.807, 2.05) is 30.3 Å². The molecule has 0 bridgehead atoms. The summed E-state index contributed by atoms with van der Waals surface area (Å²) in [7, 11) is 3.23. The smallest absolute Gasteiger partial charge is 0.263 e. The lowest BCUT2D eigenvalue weighted by molar-refractivity contribution is -0.137. The van der Waals surface area contributed by atoms with Gasteiger partial charge in [-0.25, -0.2) is 0 Å². The second-order valence-electron chi connectivity index (χ2n) is 5.58. The molecule has 0 heterocycles. The molecule has 0 saturated carbocycles. The van der Waals surface area contributed by atoms with Crippen LogP contribution in [0, 0.1) is 0 Å². The first kappa shape index (κ1) is 19.0. The maximum absolute atomic E-state index is 12.6. The van der Waals surface area contributed by atoms with E-state index in [4.69, 9.17) is 9.47 Å². The van der Waals surface area contributed by atoms with E-state index in [1.165, 1.54) is 7.11 Å². The van der Waals surface area contributed by atoms with Crippen molar-refractivity contribution in [2.75, 3.05) is 14.2 Å². The molecule has 0 aliphatic carbocycles. The van der Waals surface area contributed by atoms with Crippen LogP contribution in [0.1, 0.15) is 22.8 Å². The van der Waals surface area contributed by atoms with Crippen molar-refractivity contribution in [3.8, 4) is 11.5 Å². The van der Waals surface area contributed by atoms with E-state index in [2.05, 4.69) is 15.9 Å². The van der Waals surface area contributed by atoms with Crippen molar-refractivity contribution in [2.45, 2.75) is 19.6 Å². The van der Waals surface area contributed by atoms with E-state index in [0.717, 1.165) is 5.56 Å². The monoisotopic (exact) mass is 405 g/mol. The molecular weight excluding hydrogens is 386 g/mol. The zero-order valence-corrected chi connectivity index (χ0v) is 15.9. The number of halogens is 1. The Labute approximate surface area is 155 Å². The van der Waals surface area contributed by atoms with Crippen molar-refractivity contribution in [3.63, 3.8) is 0 Å². The topological polar surface area (TPSA) is 55.8 Å². The van der Waals surface area contributed by atoms with Crippen LogP contribution in [-0.4, -0.2) is 37.4 Å². The Balaban J connectivity index is 2.11. The van der Waals surface area contributed by atoms with E-state index >= 15 is 0 Å². The van der Waals surface area contributed by atoms with Gasteiger partial charge in [-0.2, -0.15) is 0 Å². The van der Waals surface area contributed by atoms with Crippen molar-refractivity contribution >= 4 is 28.1 Å². The molecule has 0 radical (unpaired) electrons. The van der Waals surface area contributed by atoms with Gasteiger partial charge in [0.2, 0.25) is 0 Å². The molecule has 0 saturated heterocycles. The minimum absolute atomic E-state index is 0.165. The van der Waals surface area contributed by atoms with E-state index in [-0.39, 0.29) is 5.91 Å². The standard InChI is InChI=1S/C19H20BrNO4/c1-13(19(23)21(2)11-14-7-5-4-6-8-14)25-18-9-15(12-22)16(20)10-17(18)24-3/h4-10,12-13H,11H2,1-3H3/t13-/m1/s1. The number of amides is 1. The number of hydrogen-bond donors (Lipinski definition) is 0. The number of carbonyl (C=O) groups is 2. The SMILES string of the molecule is COc1cc(Br)c(C=O)cc1O[C@H](C)C(=O)N(C)Cc1ccccc1. The Kier molecular flexibility index (Phi) is 6.58. The lowest BCUT2D eigenvalue weighted by Crippen LogP contribution is -2.37. The third-order valence-electron chi connectivity index (χ3n) is 3.70. The van der Waals surface area contributed by atoms with E-state index in [0.29, 0.717) is 34.4 Å². The number of nitrogens with zero attached hydrogens (tertiary/aromatic N) is 1. The van der Waals surface area contributed by atoms with Crippen LogP contribution in [0.5, 0.6) is 11.5 Å². The number of rotatable bonds is 7. The third kappa shape index (κ3) is 4.82. The number of aldehydes is 1. The molecule has 2 aromatic rings. The molecular formula is C19H20BrNO4. The van der Waals surface area contributed by atoms with Gasteiger partial charge in [0.1, 0.15) is 0 Å². The summed E-state index contributed by atoms with van der Waals surface area (Å²) in [6, 6.07) is 12.9. The second kappa shape index (κ2) is 8.67. The van der Waals surface area contributed by atoms with Crippen molar-refractivity contribution in [1.82, 2.24) is 4.90 Å². The quantitative estimate of drug-likeness (QED) is 0.659. The zero-order chi connectivity index (χ0) is 18.4. The van der Waals surface area contributed by atoms with Gasteiger partial charge in [0.15, 0.2) is 23.9 Å². The van der Waals surface area contributed by atoms with Gasteiger partial charge in [0.05, 0.1) is 7.11 Å². The predicted octanol–water partition coefficient (Wildman–Crippen LogP) is 3.70. The Morgan fingerprint density at radius 2 is 1.92 bits per heavy atom. The molecule has 1 atom stereocenters. The third-order valence-corrected chi connectivity index (χ3v) is 4.39. The van der Waals surface area contributed by atoms with Gasteiger partial charge in [-0.05, 0) is 40.5 Å². The van der Waals surface area contributed by atoms with Gasteiger partial charge < -0.3 is 14.4 Å². The van der Waals surface area contributed by atoms with Gasteiger partial charge in [0.25, 0.3) is 5.91 Å². The van der Waals surface area contributed by atoms with Gasteiger partial charge in [-0.3, -0.25) is 9.59 Å². The highest BCUT2D eigenvalue weighted by molar-refractivity contribution is 9.10. The van der Waals surface area contributed by atoms with Gasteiger partial charge in [-0.15, -0.1) is 0 Å². The molecule has 5 nitrogen and oxygen atoms in total. The molecule has 0 unspecified atom stereocenters. The number of carbonyl (C=O) groups excluding carboxylic acids is 2. The normalized spacial score (nSPS) is 11.5. The van der Waals surface area contributed by atoms with Crippen LogP contribution in [0.4, 0.5) is 0 Å². The summed E-state index contributed by atoms with van der Waals surface area (Å²) in [5, 5.41) is 0. The molecule has 0 aliphatic heterocycles. The number of methoxy groups -OCH3 is 1. The number of benzene rings is 2.